The molecular formula is C22H17N5O. The van der Waals surface area contributed by atoms with E-state index in [0.29, 0.717) is 17.2 Å². The molecule has 0 spiro atoms. The van der Waals surface area contributed by atoms with Gasteiger partial charge in [-0.1, -0.05) is 18.2 Å². The Labute approximate surface area is 162 Å². The Morgan fingerprint density at radius 3 is 2.18 bits per heavy atom. The van der Waals surface area contributed by atoms with E-state index in [-0.39, 0.29) is 5.91 Å². The van der Waals surface area contributed by atoms with Crippen molar-refractivity contribution in [3.63, 3.8) is 0 Å². The van der Waals surface area contributed by atoms with E-state index in [0.717, 1.165) is 11.4 Å². The number of carbonyl (C=O) groups is 1. The lowest BCUT2D eigenvalue weighted by Crippen LogP contribution is -2.14. The first-order valence-corrected chi connectivity index (χ1v) is 8.75. The molecule has 28 heavy (non-hydrogen) atoms. The first kappa shape index (κ1) is 17.4. The molecule has 4 rings (SSSR count). The molecular weight excluding hydrogens is 350 g/mol. The molecule has 0 atom stereocenters. The average molecular weight is 367 g/mol. The monoisotopic (exact) mass is 367 g/mol. The summed E-state index contributed by atoms with van der Waals surface area (Å²) < 4.78 is 0. The van der Waals surface area contributed by atoms with Gasteiger partial charge in [-0.3, -0.25) is 14.7 Å². The quantitative estimate of drug-likeness (QED) is 0.558. The summed E-state index contributed by atoms with van der Waals surface area (Å²) >= 11 is 0. The summed E-state index contributed by atoms with van der Waals surface area (Å²) in [6.07, 6.45) is 6.86. The molecule has 1 N–H and O–H groups in total. The van der Waals surface area contributed by atoms with E-state index >= 15 is 0 Å². The second-order valence-corrected chi connectivity index (χ2v) is 5.96. The first-order chi connectivity index (χ1) is 13.8. The Hall–Kier alpha value is -4.06. The van der Waals surface area contributed by atoms with Gasteiger partial charge in [-0.15, -0.1) is 0 Å². The van der Waals surface area contributed by atoms with Gasteiger partial charge in [0.25, 0.3) is 5.91 Å². The number of rotatable bonds is 5. The van der Waals surface area contributed by atoms with Gasteiger partial charge in [0.05, 0.1) is 11.9 Å². The van der Waals surface area contributed by atoms with Gasteiger partial charge in [0.2, 0.25) is 5.95 Å². The standard InChI is InChI=1S/C22H17N5O/c28-21(17-6-2-1-3-7-17)26-18-9-11-19(12-10-18)27(20-8-4-13-23-16-20)22-24-14-5-15-25-22/h1-16H,(H,26,28). The molecule has 0 fully saturated rings. The SMILES string of the molecule is O=C(Nc1ccc(N(c2cccnc2)c2ncccn2)cc1)c1ccccc1. The zero-order valence-corrected chi connectivity index (χ0v) is 14.9. The predicted molar refractivity (Wildman–Crippen MR) is 109 cm³/mol. The van der Waals surface area contributed by atoms with Gasteiger partial charge in [-0.05, 0) is 54.6 Å². The van der Waals surface area contributed by atoms with Crippen molar-refractivity contribution in [1.29, 1.82) is 0 Å². The minimum atomic E-state index is -0.149. The van der Waals surface area contributed by atoms with Crippen LogP contribution in [0.2, 0.25) is 0 Å². The van der Waals surface area contributed by atoms with E-state index in [1.807, 2.05) is 59.5 Å². The van der Waals surface area contributed by atoms with Crippen LogP contribution in [0.4, 0.5) is 23.0 Å². The summed E-state index contributed by atoms with van der Waals surface area (Å²) in [6, 6.07) is 22.2. The third-order valence-electron chi connectivity index (χ3n) is 4.08. The van der Waals surface area contributed by atoms with Gasteiger partial charge in [-0.25, -0.2) is 9.97 Å². The molecule has 0 radical (unpaired) electrons. The summed E-state index contributed by atoms with van der Waals surface area (Å²) in [5, 5.41) is 2.90. The summed E-state index contributed by atoms with van der Waals surface area (Å²) in [7, 11) is 0. The minimum absolute atomic E-state index is 0.149. The van der Waals surface area contributed by atoms with E-state index < -0.39 is 0 Å². The van der Waals surface area contributed by atoms with Gasteiger partial charge >= 0.3 is 0 Å². The van der Waals surface area contributed by atoms with Gasteiger partial charge in [0.1, 0.15) is 0 Å². The maximum atomic E-state index is 12.3. The molecule has 0 aliphatic carbocycles. The largest absolute Gasteiger partial charge is 0.322 e. The molecule has 6 heteroatoms. The van der Waals surface area contributed by atoms with Crippen molar-refractivity contribution in [2.45, 2.75) is 0 Å². The average Bonchev–Trinajstić information content (AvgIpc) is 2.77. The molecule has 0 unspecified atom stereocenters. The number of hydrogen-bond acceptors (Lipinski definition) is 5. The lowest BCUT2D eigenvalue weighted by Gasteiger charge is -2.22. The molecule has 136 valence electrons. The number of nitrogens with one attached hydrogen (secondary N) is 1. The Kier molecular flexibility index (Phi) is 5.02. The Balaban J connectivity index is 1.61. The number of aromatic nitrogens is 3. The van der Waals surface area contributed by atoms with Crippen molar-refractivity contribution in [1.82, 2.24) is 15.0 Å². The van der Waals surface area contributed by atoms with Gasteiger partial charge in [0.15, 0.2) is 0 Å². The zero-order valence-electron chi connectivity index (χ0n) is 14.9. The van der Waals surface area contributed by atoms with Crippen molar-refractivity contribution in [2.75, 3.05) is 10.2 Å². The van der Waals surface area contributed by atoms with E-state index in [2.05, 4.69) is 20.3 Å². The number of pyridine rings is 1. The number of carbonyl (C=O) groups excluding carboxylic acids is 1. The van der Waals surface area contributed by atoms with Gasteiger partial charge in [0, 0.05) is 35.5 Å². The van der Waals surface area contributed by atoms with Crippen molar-refractivity contribution in [2.24, 2.45) is 0 Å². The summed E-state index contributed by atoms with van der Waals surface area (Å²) in [6.45, 7) is 0. The van der Waals surface area contributed by atoms with E-state index in [9.17, 15) is 4.79 Å². The van der Waals surface area contributed by atoms with Crippen LogP contribution in [0.1, 0.15) is 10.4 Å². The summed E-state index contributed by atoms with van der Waals surface area (Å²) in [5.74, 6) is 0.389. The number of nitrogens with zero attached hydrogens (tertiary/aromatic N) is 4. The van der Waals surface area contributed by atoms with Crippen LogP contribution in [-0.4, -0.2) is 20.9 Å². The smallest absolute Gasteiger partial charge is 0.255 e. The van der Waals surface area contributed by atoms with Crippen molar-refractivity contribution in [3.8, 4) is 0 Å². The van der Waals surface area contributed by atoms with Gasteiger partial charge < -0.3 is 5.32 Å². The number of amides is 1. The molecule has 0 aliphatic rings. The highest BCUT2D eigenvalue weighted by Gasteiger charge is 2.15. The molecule has 2 aromatic carbocycles. The van der Waals surface area contributed by atoms with Gasteiger partial charge in [-0.2, -0.15) is 0 Å². The topological polar surface area (TPSA) is 71.0 Å². The van der Waals surface area contributed by atoms with Crippen LogP contribution in [0, 0.1) is 0 Å². The molecule has 2 heterocycles. The predicted octanol–water partition coefficient (Wildman–Crippen LogP) is 4.59. The van der Waals surface area contributed by atoms with E-state index in [1.54, 1.807) is 43.0 Å². The maximum Gasteiger partial charge on any atom is 0.255 e. The minimum Gasteiger partial charge on any atom is -0.322 e. The Morgan fingerprint density at radius 2 is 1.50 bits per heavy atom. The molecule has 2 aromatic heterocycles. The van der Waals surface area contributed by atoms with Crippen LogP contribution >= 0.6 is 0 Å². The van der Waals surface area contributed by atoms with Crippen molar-refractivity contribution < 1.29 is 4.79 Å². The lowest BCUT2D eigenvalue weighted by atomic mass is 10.2. The third-order valence-corrected chi connectivity index (χ3v) is 4.08. The highest BCUT2D eigenvalue weighted by Crippen LogP contribution is 2.31. The zero-order chi connectivity index (χ0) is 19.2. The molecule has 6 nitrogen and oxygen atoms in total. The Bertz CT molecular complexity index is 999. The van der Waals surface area contributed by atoms with Crippen LogP contribution < -0.4 is 10.2 Å². The van der Waals surface area contributed by atoms with Crippen LogP contribution in [0.15, 0.2) is 97.6 Å². The summed E-state index contributed by atoms with van der Waals surface area (Å²) in [5.41, 5.74) is 3.02. The fourth-order valence-electron chi connectivity index (χ4n) is 2.76. The normalized spacial score (nSPS) is 10.3. The molecule has 0 saturated heterocycles. The third kappa shape index (κ3) is 3.86. The highest BCUT2D eigenvalue weighted by atomic mass is 16.1. The number of hydrogen-bond donors (Lipinski definition) is 1. The second kappa shape index (κ2) is 8.09. The second-order valence-electron chi connectivity index (χ2n) is 5.96. The van der Waals surface area contributed by atoms with Crippen LogP contribution in [-0.2, 0) is 0 Å². The summed E-state index contributed by atoms with van der Waals surface area (Å²) in [4.78, 5) is 27.1. The molecule has 1 amide bonds. The van der Waals surface area contributed by atoms with Crippen molar-refractivity contribution >= 4 is 28.9 Å². The van der Waals surface area contributed by atoms with E-state index in [1.165, 1.54) is 0 Å². The molecule has 0 bridgehead atoms. The number of benzene rings is 2. The Morgan fingerprint density at radius 1 is 0.750 bits per heavy atom. The van der Waals surface area contributed by atoms with Crippen LogP contribution in [0.25, 0.3) is 0 Å². The molecule has 0 saturated carbocycles. The molecule has 0 aliphatic heterocycles. The number of anilines is 4. The van der Waals surface area contributed by atoms with Crippen LogP contribution in [0.3, 0.4) is 0 Å². The first-order valence-electron chi connectivity index (χ1n) is 8.75. The van der Waals surface area contributed by atoms with Crippen LogP contribution in [0.5, 0.6) is 0 Å². The van der Waals surface area contributed by atoms with Crippen molar-refractivity contribution in [3.05, 3.63) is 103 Å². The van der Waals surface area contributed by atoms with E-state index in [4.69, 9.17) is 0 Å². The fraction of sp³-hybridized carbons (Fsp3) is 0. The maximum absolute atomic E-state index is 12.3. The fourth-order valence-corrected chi connectivity index (χ4v) is 2.76. The highest BCUT2D eigenvalue weighted by molar-refractivity contribution is 6.04. The lowest BCUT2D eigenvalue weighted by molar-refractivity contribution is 0.102. The molecule has 4 aromatic rings.